The summed E-state index contributed by atoms with van der Waals surface area (Å²) in [5.41, 5.74) is 0.735. The molecule has 3 N–H and O–H groups in total. The Bertz CT molecular complexity index is 377. The van der Waals surface area contributed by atoms with Crippen molar-refractivity contribution in [3.8, 4) is 0 Å². The van der Waals surface area contributed by atoms with Crippen LogP contribution in [-0.2, 0) is 4.79 Å². The third-order valence-electron chi connectivity index (χ3n) is 2.10. The van der Waals surface area contributed by atoms with Crippen LogP contribution >= 0.6 is 0 Å². The molecule has 2 rings (SSSR count). The molecule has 1 aromatic rings. The lowest BCUT2D eigenvalue weighted by Gasteiger charge is -2.06. The first-order chi connectivity index (χ1) is 6.70. The molecule has 5 heteroatoms. The molecule has 1 saturated heterocycles. The molecule has 0 unspecified atom stereocenters. The second kappa shape index (κ2) is 3.12. The van der Waals surface area contributed by atoms with Crippen molar-refractivity contribution in [2.45, 2.75) is 6.04 Å². The Hall–Kier alpha value is -1.88. The average Bonchev–Trinajstić information content (AvgIpc) is 2.47. The fraction of sp³-hybridized carbons (Fsp3) is 0.111. The Kier molecular flexibility index (Phi) is 1.94. The molecule has 0 radical (unpaired) electrons. The van der Waals surface area contributed by atoms with Crippen LogP contribution in [0.4, 0.5) is 4.79 Å². The maximum absolute atomic E-state index is 11.4. The smallest absolute Gasteiger partial charge is 0.321 e. The topological polar surface area (TPSA) is 75.4 Å². The molecule has 1 fully saturated rings. The number of carbonyl (C=O) groups is 2. The van der Waals surface area contributed by atoms with Crippen LogP contribution in [0.15, 0.2) is 30.3 Å². The zero-order valence-corrected chi connectivity index (χ0v) is 7.31. The Labute approximate surface area is 80.5 Å². The van der Waals surface area contributed by atoms with Crippen molar-refractivity contribution in [2.75, 3.05) is 0 Å². The number of carbonyl (C=O) groups excluding carboxylic acids is 2. The summed E-state index contributed by atoms with van der Waals surface area (Å²) in [5.74, 6) is 4.79. The summed E-state index contributed by atoms with van der Waals surface area (Å²) in [6.45, 7) is 0. The van der Waals surface area contributed by atoms with E-state index < -0.39 is 18.0 Å². The number of nitrogens with one attached hydrogen (secondary N) is 1. The van der Waals surface area contributed by atoms with Gasteiger partial charge in [-0.2, -0.15) is 5.01 Å². The summed E-state index contributed by atoms with van der Waals surface area (Å²) in [6.07, 6.45) is 0. The number of nitrogens with two attached hydrogens (primary N) is 1. The zero-order chi connectivity index (χ0) is 10.1. The fourth-order valence-corrected chi connectivity index (χ4v) is 1.37. The van der Waals surface area contributed by atoms with Gasteiger partial charge in [0.1, 0.15) is 6.04 Å². The Morgan fingerprint density at radius 2 is 1.86 bits per heavy atom. The van der Waals surface area contributed by atoms with Crippen LogP contribution in [0.5, 0.6) is 0 Å². The average molecular weight is 191 g/mol. The minimum Gasteiger partial charge on any atom is -0.321 e. The summed E-state index contributed by atoms with van der Waals surface area (Å²) in [5, 5.41) is 3.08. The first kappa shape index (κ1) is 8.71. The molecular weight excluding hydrogens is 182 g/mol. The van der Waals surface area contributed by atoms with Crippen molar-refractivity contribution in [3.63, 3.8) is 0 Å². The van der Waals surface area contributed by atoms with Gasteiger partial charge in [-0.3, -0.25) is 4.79 Å². The molecule has 0 saturated carbocycles. The predicted molar refractivity (Wildman–Crippen MR) is 48.7 cm³/mol. The Morgan fingerprint density at radius 1 is 1.21 bits per heavy atom. The van der Waals surface area contributed by atoms with Crippen molar-refractivity contribution in [1.82, 2.24) is 10.3 Å². The second-order valence-electron chi connectivity index (χ2n) is 3.00. The van der Waals surface area contributed by atoms with Gasteiger partial charge in [0.15, 0.2) is 0 Å². The van der Waals surface area contributed by atoms with Gasteiger partial charge in [0.2, 0.25) is 0 Å². The van der Waals surface area contributed by atoms with E-state index in [4.69, 9.17) is 5.84 Å². The second-order valence-corrected chi connectivity index (χ2v) is 3.00. The van der Waals surface area contributed by atoms with Crippen LogP contribution in [0.3, 0.4) is 0 Å². The van der Waals surface area contributed by atoms with E-state index in [1.807, 2.05) is 6.07 Å². The minimum atomic E-state index is -0.645. The summed E-state index contributed by atoms with van der Waals surface area (Å²) in [6, 6.07) is 7.76. The number of imide groups is 1. The van der Waals surface area contributed by atoms with Gasteiger partial charge < -0.3 is 5.32 Å². The van der Waals surface area contributed by atoms with E-state index in [2.05, 4.69) is 5.32 Å². The van der Waals surface area contributed by atoms with Crippen LogP contribution in [0.1, 0.15) is 11.6 Å². The van der Waals surface area contributed by atoms with E-state index in [0.717, 1.165) is 5.56 Å². The van der Waals surface area contributed by atoms with E-state index in [-0.39, 0.29) is 0 Å². The van der Waals surface area contributed by atoms with Crippen LogP contribution in [0, 0.1) is 0 Å². The third-order valence-corrected chi connectivity index (χ3v) is 2.10. The lowest BCUT2D eigenvalue weighted by atomic mass is 10.1. The number of nitrogens with zero attached hydrogens (tertiary/aromatic N) is 1. The quantitative estimate of drug-likeness (QED) is 0.377. The fourth-order valence-electron chi connectivity index (χ4n) is 1.37. The van der Waals surface area contributed by atoms with Gasteiger partial charge in [-0.25, -0.2) is 10.6 Å². The number of hydrogen-bond acceptors (Lipinski definition) is 3. The van der Waals surface area contributed by atoms with Crippen LogP contribution in [-0.4, -0.2) is 16.9 Å². The van der Waals surface area contributed by atoms with Gasteiger partial charge in [0.05, 0.1) is 0 Å². The molecule has 3 amide bonds. The van der Waals surface area contributed by atoms with Crippen molar-refractivity contribution >= 4 is 11.9 Å². The van der Waals surface area contributed by atoms with Crippen LogP contribution in [0.25, 0.3) is 0 Å². The van der Waals surface area contributed by atoms with Crippen molar-refractivity contribution in [2.24, 2.45) is 5.84 Å². The van der Waals surface area contributed by atoms with E-state index in [1.54, 1.807) is 24.3 Å². The predicted octanol–water partition coefficient (Wildman–Crippen LogP) is 0.153. The number of hydrogen-bond donors (Lipinski definition) is 2. The normalized spacial score (nSPS) is 21.2. The van der Waals surface area contributed by atoms with E-state index >= 15 is 0 Å². The summed E-state index contributed by atoms with van der Waals surface area (Å²) in [4.78, 5) is 22.5. The number of amides is 3. The molecule has 0 spiro atoms. The largest absolute Gasteiger partial charge is 0.339 e. The third kappa shape index (κ3) is 1.23. The highest BCUT2D eigenvalue weighted by atomic mass is 16.2. The van der Waals surface area contributed by atoms with Crippen LogP contribution in [0.2, 0.25) is 0 Å². The van der Waals surface area contributed by atoms with Gasteiger partial charge in [0.25, 0.3) is 5.91 Å². The Morgan fingerprint density at radius 3 is 2.36 bits per heavy atom. The minimum absolute atomic E-state index is 0.429. The molecule has 1 aromatic carbocycles. The van der Waals surface area contributed by atoms with Gasteiger partial charge in [-0.05, 0) is 5.56 Å². The molecule has 0 bridgehead atoms. The first-order valence-corrected chi connectivity index (χ1v) is 4.14. The van der Waals surface area contributed by atoms with E-state index in [9.17, 15) is 9.59 Å². The molecule has 0 aromatic heterocycles. The molecule has 1 aliphatic heterocycles. The van der Waals surface area contributed by atoms with E-state index in [1.165, 1.54) is 0 Å². The molecule has 0 aliphatic carbocycles. The highest BCUT2D eigenvalue weighted by molar-refractivity contribution is 6.03. The summed E-state index contributed by atoms with van der Waals surface area (Å²) < 4.78 is 0. The molecule has 1 aliphatic rings. The highest BCUT2D eigenvalue weighted by Crippen LogP contribution is 2.18. The maximum atomic E-state index is 11.4. The lowest BCUT2D eigenvalue weighted by Crippen LogP contribution is -2.37. The standard InChI is InChI=1S/C9H9N3O2/c10-12-8(13)7(11-9(12)14)6-4-2-1-3-5-6/h1-5,7H,10H2,(H,11,14)/t7-/m1/s1. The van der Waals surface area contributed by atoms with Gasteiger partial charge >= 0.3 is 6.03 Å². The molecule has 72 valence electrons. The number of benzene rings is 1. The van der Waals surface area contributed by atoms with Gasteiger partial charge in [-0.1, -0.05) is 30.3 Å². The summed E-state index contributed by atoms with van der Waals surface area (Å²) in [7, 11) is 0. The molecular formula is C9H9N3O2. The lowest BCUT2D eigenvalue weighted by molar-refractivity contribution is -0.127. The van der Waals surface area contributed by atoms with E-state index in [0.29, 0.717) is 5.01 Å². The number of rotatable bonds is 1. The first-order valence-electron chi connectivity index (χ1n) is 4.14. The number of urea groups is 1. The van der Waals surface area contributed by atoms with Crippen LogP contribution < -0.4 is 11.2 Å². The number of hydrazine groups is 1. The monoisotopic (exact) mass is 191 g/mol. The summed E-state index contributed by atoms with van der Waals surface area (Å²) >= 11 is 0. The van der Waals surface area contributed by atoms with Crippen molar-refractivity contribution in [1.29, 1.82) is 0 Å². The molecule has 1 atom stereocenters. The van der Waals surface area contributed by atoms with Crippen molar-refractivity contribution < 1.29 is 9.59 Å². The van der Waals surface area contributed by atoms with Gasteiger partial charge in [0, 0.05) is 0 Å². The highest BCUT2D eigenvalue weighted by Gasteiger charge is 2.36. The Balaban J connectivity index is 2.30. The zero-order valence-electron chi connectivity index (χ0n) is 7.31. The van der Waals surface area contributed by atoms with Crippen molar-refractivity contribution in [3.05, 3.63) is 35.9 Å². The molecule has 1 heterocycles. The van der Waals surface area contributed by atoms with Gasteiger partial charge in [-0.15, -0.1) is 0 Å². The molecule has 5 nitrogen and oxygen atoms in total. The SMILES string of the molecule is NN1C(=O)N[C@H](c2ccccc2)C1=O. The molecule has 14 heavy (non-hydrogen) atoms. The maximum Gasteiger partial charge on any atom is 0.339 e.